The van der Waals surface area contributed by atoms with Crippen LogP contribution in [0.5, 0.6) is 0 Å². The van der Waals surface area contributed by atoms with Crippen LogP contribution >= 0.6 is 10.0 Å². The number of aliphatic carboxylic acids is 1. The minimum atomic E-state index is -0.960. The van der Waals surface area contributed by atoms with E-state index in [-0.39, 0.29) is 5.91 Å². The van der Waals surface area contributed by atoms with Crippen molar-refractivity contribution in [3.8, 4) is 0 Å². The van der Waals surface area contributed by atoms with Crippen molar-refractivity contribution in [1.82, 2.24) is 5.32 Å². The molecule has 0 aliphatic rings. The van der Waals surface area contributed by atoms with E-state index in [1.165, 1.54) is 6.92 Å². The third-order valence-corrected chi connectivity index (χ3v) is 6.36. The summed E-state index contributed by atoms with van der Waals surface area (Å²) in [5.74, 6) is -0.778. The third kappa shape index (κ3) is 6.96. The van der Waals surface area contributed by atoms with Gasteiger partial charge in [-0.1, -0.05) is 0 Å². The van der Waals surface area contributed by atoms with Crippen molar-refractivity contribution in [3.05, 3.63) is 0 Å². The van der Waals surface area contributed by atoms with E-state index < -0.39 is 25.5 Å². The van der Waals surface area contributed by atoms with E-state index >= 15 is 0 Å². The van der Waals surface area contributed by atoms with E-state index in [1.54, 1.807) is 10.0 Å². The summed E-state index contributed by atoms with van der Waals surface area (Å²) in [5.41, 5.74) is 4.26. The second-order valence-electron chi connectivity index (χ2n) is 2.70. The van der Waals surface area contributed by atoms with E-state index in [4.69, 9.17) is 5.11 Å². The van der Waals surface area contributed by atoms with Crippen LogP contribution in [0.4, 0.5) is 0 Å². The Morgan fingerprint density at radius 2 is 2.08 bits per heavy atom. The van der Waals surface area contributed by atoms with Crippen molar-refractivity contribution in [1.29, 1.82) is 0 Å². The van der Waals surface area contributed by atoms with Gasteiger partial charge in [-0.25, -0.2) is 0 Å². The molecule has 0 heterocycles. The molecule has 2 N–H and O–H groups in total. The van der Waals surface area contributed by atoms with E-state index in [9.17, 15) is 9.59 Å². The quantitative estimate of drug-likeness (QED) is 0.714. The Labute approximate surface area is 85.7 Å². The fourth-order valence-corrected chi connectivity index (χ4v) is 4.13. The Balaban J connectivity index is 3.95. The standard InChI is InChI=1S/C7H14AsNO3S/c1-5(10)9-6(7(11)12)4-13-8(2)3/h6H,4H2,1-3H3,(H,9,10)(H,11,12)/t6-/m0/s1. The van der Waals surface area contributed by atoms with E-state index in [2.05, 4.69) is 16.7 Å². The first kappa shape index (κ1) is 12.8. The number of hydrogen-bond donors (Lipinski definition) is 2. The monoisotopic (exact) mass is 267 g/mol. The van der Waals surface area contributed by atoms with Gasteiger partial charge in [0.15, 0.2) is 0 Å². The molecular weight excluding hydrogens is 253 g/mol. The molecule has 0 bridgehead atoms. The van der Waals surface area contributed by atoms with Crippen LogP contribution in [0.1, 0.15) is 6.92 Å². The summed E-state index contributed by atoms with van der Waals surface area (Å²) in [6.07, 6.45) is 0. The van der Waals surface area contributed by atoms with Gasteiger partial charge in [0.2, 0.25) is 0 Å². The molecule has 0 saturated heterocycles. The summed E-state index contributed by atoms with van der Waals surface area (Å²) >= 11 is -0.870. The van der Waals surface area contributed by atoms with E-state index in [1.807, 2.05) is 0 Å². The molecule has 0 aromatic heterocycles. The van der Waals surface area contributed by atoms with E-state index in [0.29, 0.717) is 5.75 Å². The summed E-state index contributed by atoms with van der Waals surface area (Å²) in [7, 11) is 1.66. The van der Waals surface area contributed by atoms with Gasteiger partial charge in [-0.05, 0) is 0 Å². The average Bonchev–Trinajstić information content (AvgIpc) is 1.96. The van der Waals surface area contributed by atoms with Crippen molar-refractivity contribution < 1.29 is 14.7 Å². The van der Waals surface area contributed by atoms with Gasteiger partial charge in [-0.15, -0.1) is 0 Å². The summed E-state index contributed by atoms with van der Waals surface area (Å²) < 4.78 is 0. The van der Waals surface area contributed by atoms with Gasteiger partial charge in [0.05, 0.1) is 0 Å². The van der Waals surface area contributed by atoms with Crippen molar-refractivity contribution in [2.75, 3.05) is 5.75 Å². The van der Waals surface area contributed by atoms with Gasteiger partial charge in [0.1, 0.15) is 0 Å². The third-order valence-electron chi connectivity index (χ3n) is 1.17. The molecule has 0 aliphatic carbocycles. The first-order valence-corrected chi connectivity index (χ1v) is 10.7. The van der Waals surface area contributed by atoms with Crippen LogP contribution in [0.25, 0.3) is 0 Å². The molecule has 1 atom stereocenters. The molecule has 0 rings (SSSR count). The van der Waals surface area contributed by atoms with Gasteiger partial charge in [-0.3, -0.25) is 0 Å². The molecule has 0 saturated carbocycles. The van der Waals surface area contributed by atoms with E-state index in [0.717, 1.165) is 0 Å². The number of carboxylic acids is 1. The van der Waals surface area contributed by atoms with Crippen LogP contribution in [-0.4, -0.2) is 42.3 Å². The van der Waals surface area contributed by atoms with Crippen molar-refractivity contribution >= 4 is 35.4 Å². The zero-order valence-corrected chi connectivity index (χ0v) is 10.6. The number of carboxylic acid groups (broad SMARTS) is 1. The Bertz CT molecular complexity index is 198. The number of rotatable bonds is 5. The number of carbonyl (C=O) groups excluding carboxylic acids is 1. The Kier molecular flexibility index (Phi) is 6.25. The molecule has 13 heavy (non-hydrogen) atoms. The van der Waals surface area contributed by atoms with Crippen LogP contribution in [0, 0.1) is 0 Å². The van der Waals surface area contributed by atoms with Crippen LogP contribution in [0.15, 0.2) is 0 Å². The summed E-state index contributed by atoms with van der Waals surface area (Å²) in [4.78, 5) is 21.3. The fraction of sp³-hybridized carbons (Fsp3) is 0.714. The van der Waals surface area contributed by atoms with Gasteiger partial charge >= 0.3 is 85.5 Å². The number of nitrogens with one attached hydrogen (secondary N) is 1. The van der Waals surface area contributed by atoms with Crippen molar-refractivity contribution in [2.24, 2.45) is 0 Å². The van der Waals surface area contributed by atoms with Gasteiger partial charge < -0.3 is 0 Å². The van der Waals surface area contributed by atoms with Gasteiger partial charge in [0, 0.05) is 0 Å². The van der Waals surface area contributed by atoms with Crippen LogP contribution in [-0.2, 0) is 9.59 Å². The van der Waals surface area contributed by atoms with Crippen molar-refractivity contribution in [3.63, 3.8) is 0 Å². The maximum absolute atomic E-state index is 10.6. The van der Waals surface area contributed by atoms with Crippen LogP contribution < -0.4 is 5.32 Å². The Morgan fingerprint density at radius 1 is 1.54 bits per heavy atom. The zero-order chi connectivity index (χ0) is 10.4. The zero-order valence-electron chi connectivity index (χ0n) is 7.90. The van der Waals surface area contributed by atoms with Crippen LogP contribution in [0.2, 0.25) is 11.4 Å². The molecule has 0 fully saturated rings. The number of carbonyl (C=O) groups is 2. The molecule has 0 aromatic carbocycles. The molecule has 4 nitrogen and oxygen atoms in total. The first-order valence-electron chi connectivity index (χ1n) is 3.73. The molecule has 0 aromatic rings. The number of amides is 1. The number of hydrogen-bond acceptors (Lipinski definition) is 3. The molecule has 1 amide bonds. The second kappa shape index (κ2) is 6.32. The van der Waals surface area contributed by atoms with Gasteiger partial charge in [-0.2, -0.15) is 0 Å². The Morgan fingerprint density at radius 3 is 2.38 bits per heavy atom. The van der Waals surface area contributed by atoms with Gasteiger partial charge in [0.25, 0.3) is 0 Å². The minimum absolute atomic E-state index is 0.292. The molecule has 0 spiro atoms. The average molecular weight is 267 g/mol. The molecule has 0 unspecified atom stereocenters. The first-order chi connectivity index (χ1) is 5.93. The summed E-state index contributed by atoms with van der Waals surface area (Å²) in [6, 6.07) is -0.737. The topological polar surface area (TPSA) is 66.4 Å². The SMILES string of the molecule is CC(=O)N[C@@H](CS[As](C)C)C(=O)O. The molecule has 0 radical (unpaired) electrons. The predicted molar refractivity (Wildman–Crippen MR) is 55.2 cm³/mol. The predicted octanol–water partition coefficient (Wildman–Crippen LogP) is 0.560. The molecule has 0 aliphatic heterocycles. The Hall–Kier alpha value is -0.152. The molecular formula is C7H14AsNO3S. The second-order valence-corrected chi connectivity index (χ2v) is 12.1. The molecule has 76 valence electrons. The maximum atomic E-state index is 10.6. The van der Waals surface area contributed by atoms with Crippen molar-refractivity contribution in [2.45, 2.75) is 24.4 Å². The fourth-order valence-electron chi connectivity index (χ4n) is 0.644. The normalized spacial score (nSPS) is 12.6. The summed E-state index contributed by atoms with van der Waals surface area (Å²) in [5, 5.41) is 11.1. The summed E-state index contributed by atoms with van der Waals surface area (Å²) in [6.45, 7) is 1.33. The molecule has 6 heteroatoms. The van der Waals surface area contributed by atoms with Crippen LogP contribution in [0.3, 0.4) is 0 Å².